The Morgan fingerprint density at radius 2 is 2.33 bits per heavy atom. The molecule has 1 saturated heterocycles. The fourth-order valence-electron chi connectivity index (χ4n) is 2.71. The van der Waals surface area contributed by atoms with Crippen LogP contribution in [0.4, 0.5) is 0 Å². The van der Waals surface area contributed by atoms with Gasteiger partial charge in [0.15, 0.2) is 0 Å². The molecule has 0 aromatic carbocycles. The van der Waals surface area contributed by atoms with Crippen LogP contribution >= 0.6 is 0 Å². The third-order valence-electron chi connectivity index (χ3n) is 3.54. The van der Waals surface area contributed by atoms with Crippen LogP contribution in [0.15, 0.2) is 36.8 Å². The number of likely N-dealkylation sites (tertiary alicyclic amines) is 1. The molecule has 94 valence electrons. The molecule has 1 aliphatic rings. The smallest absolute Gasteiger partial charge is 0.0575 e. The highest BCUT2D eigenvalue weighted by Crippen LogP contribution is 2.31. The van der Waals surface area contributed by atoms with Crippen LogP contribution in [-0.2, 0) is 13.6 Å². The molecule has 4 heteroatoms. The molecule has 0 radical (unpaired) electrons. The zero-order valence-electron chi connectivity index (χ0n) is 10.7. The minimum Gasteiger partial charge on any atom is -0.290 e. The molecule has 1 fully saturated rings. The van der Waals surface area contributed by atoms with E-state index in [2.05, 4.69) is 33.3 Å². The van der Waals surface area contributed by atoms with E-state index in [9.17, 15) is 0 Å². The highest BCUT2D eigenvalue weighted by atomic mass is 15.2. The van der Waals surface area contributed by atoms with Crippen molar-refractivity contribution in [1.29, 1.82) is 0 Å². The summed E-state index contributed by atoms with van der Waals surface area (Å²) in [6.07, 6.45) is 8.39. The number of rotatable bonds is 3. The van der Waals surface area contributed by atoms with Crippen molar-refractivity contribution in [3.8, 4) is 0 Å². The lowest BCUT2D eigenvalue weighted by Crippen LogP contribution is -2.23. The predicted octanol–water partition coefficient (Wildman–Crippen LogP) is 2.15. The Balaban J connectivity index is 1.75. The number of pyridine rings is 1. The van der Waals surface area contributed by atoms with E-state index in [0.29, 0.717) is 6.04 Å². The van der Waals surface area contributed by atoms with Gasteiger partial charge in [-0.3, -0.25) is 14.6 Å². The van der Waals surface area contributed by atoms with Crippen LogP contribution in [0.2, 0.25) is 0 Å². The fraction of sp³-hybridized carbons (Fsp3) is 0.429. The van der Waals surface area contributed by atoms with E-state index in [1.807, 2.05) is 30.2 Å². The summed E-state index contributed by atoms with van der Waals surface area (Å²) in [5.74, 6) is 0. The van der Waals surface area contributed by atoms with Crippen LogP contribution in [-0.4, -0.2) is 26.2 Å². The van der Waals surface area contributed by atoms with Crippen molar-refractivity contribution in [2.45, 2.75) is 25.4 Å². The average molecular weight is 242 g/mol. The van der Waals surface area contributed by atoms with E-state index >= 15 is 0 Å². The molecule has 3 heterocycles. The normalized spacial score (nSPS) is 20.4. The van der Waals surface area contributed by atoms with Crippen LogP contribution in [0.1, 0.15) is 30.1 Å². The van der Waals surface area contributed by atoms with Gasteiger partial charge in [-0.1, -0.05) is 6.07 Å². The zero-order valence-corrected chi connectivity index (χ0v) is 10.7. The molecule has 0 bridgehead atoms. The van der Waals surface area contributed by atoms with Gasteiger partial charge in [-0.25, -0.2) is 0 Å². The third kappa shape index (κ3) is 2.29. The van der Waals surface area contributed by atoms with Crippen LogP contribution < -0.4 is 0 Å². The zero-order chi connectivity index (χ0) is 12.4. The molecule has 1 unspecified atom stereocenters. The molecule has 1 aliphatic heterocycles. The number of nitrogens with zero attached hydrogens (tertiary/aromatic N) is 4. The van der Waals surface area contributed by atoms with Gasteiger partial charge < -0.3 is 0 Å². The van der Waals surface area contributed by atoms with Crippen LogP contribution in [0.25, 0.3) is 0 Å². The maximum atomic E-state index is 4.50. The molecular formula is C14H18N4. The highest BCUT2D eigenvalue weighted by molar-refractivity contribution is 5.12. The number of aromatic nitrogens is 3. The molecule has 0 spiro atoms. The molecule has 1 atom stereocenters. The standard InChI is InChI=1S/C14H18N4/c1-17-10-12(9-16-17)11-18-8-4-6-14(18)13-5-2-3-7-15-13/h2-3,5,7,9-10,14H,4,6,8,11H2,1H3. The molecule has 4 nitrogen and oxygen atoms in total. The number of aryl methyl sites for hydroxylation is 1. The van der Waals surface area contributed by atoms with Gasteiger partial charge in [0.25, 0.3) is 0 Å². The molecule has 0 aliphatic carbocycles. The lowest BCUT2D eigenvalue weighted by Gasteiger charge is -2.23. The van der Waals surface area contributed by atoms with Crippen molar-refractivity contribution in [3.05, 3.63) is 48.0 Å². The molecule has 2 aromatic heterocycles. The first-order valence-electron chi connectivity index (χ1n) is 6.45. The summed E-state index contributed by atoms with van der Waals surface area (Å²) >= 11 is 0. The number of hydrogen-bond acceptors (Lipinski definition) is 3. The highest BCUT2D eigenvalue weighted by Gasteiger charge is 2.26. The monoisotopic (exact) mass is 242 g/mol. The van der Waals surface area contributed by atoms with E-state index in [0.717, 1.165) is 13.1 Å². The van der Waals surface area contributed by atoms with Crippen LogP contribution in [0.5, 0.6) is 0 Å². The quantitative estimate of drug-likeness (QED) is 0.827. The van der Waals surface area contributed by atoms with Gasteiger partial charge in [-0.05, 0) is 31.5 Å². The Morgan fingerprint density at radius 1 is 1.39 bits per heavy atom. The predicted molar refractivity (Wildman–Crippen MR) is 69.8 cm³/mol. The number of hydrogen-bond donors (Lipinski definition) is 0. The van der Waals surface area contributed by atoms with Gasteiger partial charge in [0.2, 0.25) is 0 Å². The second-order valence-electron chi connectivity index (χ2n) is 4.91. The Kier molecular flexibility index (Phi) is 3.11. The van der Waals surface area contributed by atoms with E-state index in [-0.39, 0.29) is 0 Å². The summed E-state index contributed by atoms with van der Waals surface area (Å²) in [5, 5.41) is 4.23. The first-order valence-corrected chi connectivity index (χ1v) is 6.45. The van der Waals surface area contributed by atoms with Crippen molar-refractivity contribution < 1.29 is 0 Å². The van der Waals surface area contributed by atoms with E-state index < -0.39 is 0 Å². The Bertz CT molecular complexity index is 506. The Labute approximate surface area is 107 Å². The molecule has 0 amide bonds. The average Bonchev–Trinajstić information content (AvgIpc) is 3.00. The van der Waals surface area contributed by atoms with Gasteiger partial charge in [0.1, 0.15) is 0 Å². The van der Waals surface area contributed by atoms with Gasteiger partial charge in [-0.2, -0.15) is 5.10 Å². The molecule has 2 aromatic rings. The lowest BCUT2D eigenvalue weighted by molar-refractivity contribution is 0.244. The molecule has 3 rings (SSSR count). The maximum absolute atomic E-state index is 4.50. The minimum absolute atomic E-state index is 0.464. The first-order chi connectivity index (χ1) is 8.83. The van der Waals surface area contributed by atoms with Crippen LogP contribution in [0.3, 0.4) is 0 Å². The van der Waals surface area contributed by atoms with Gasteiger partial charge >= 0.3 is 0 Å². The van der Waals surface area contributed by atoms with Crippen molar-refractivity contribution in [2.75, 3.05) is 6.54 Å². The summed E-state index contributed by atoms with van der Waals surface area (Å²) in [7, 11) is 1.96. The van der Waals surface area contributed by atoms with Gasteiger partial charge in [0.05, 0.1) is 17.9 Å². The topological polar surface area (TPSA) is 34.0 Å². The second kappa shape index (κ2) is 4.90. The molecular weight excluding hydrogens is 224 g/mol. The van der Waals surface area contributed by atoms with E-state index in [4.69, 9.17) is 0 Å². The summed E-state index contributed by atoms with van der Waals surface area (Å²) in [4.78, 5) is 6.99. The van der Waals surface area contributed by atoms with Crippen molar-refractivity contribution >= 4 is 0 Å². The molecule has 0 N–H and O–H groups in total. The summed E-state index contributed by atoms with van der Waals surface area (Å²) in [5.41, 5.74) is 2.47. The van der Waals surface area contributed by atoms with Crippen molar-refractivity contribution in [3.63, 3.8) is 0 Å². The van der Waals surface area contributed by atoms with E-state index in [1.165, 1.54) is 24.1 Å². The SMILES string of the molecule is Cn1cc(CN2CCCC2c2ccccn2)cn1. The minimum atomic E-state index is 0.464. The van der Waals surface area contributed by atoms with Crippen LogP contribution in [0, 0.1) is 0 Å². The summed E-state index contributed by atoms with van der Waals surface area (Å²) < 4.78 is 1.86. The van der Waals surface area contributed by atoms with E-state index in [1.54, 1.807) is 0 Å². The maximum Gasteiger partial charge on any atom is 0.0575 e. The first kappa shape index (κ1) is 11.4. The lowest BCUT2D eigenvalue weighted by atomic mass is 10.1. The molecule has 18 heavy (non-hydrogen) atoms. The largest absolute Gasteiger partial charge is 0.290 e. The van der Waals surface area contributed by atoms with Gasteiger partial charge in [-0.15, -0.1) is 0 Å². The summed E-state index contributed by atoms with van der Waals surface area (Å²) in [6, 6.07) is 6.64. The second-order valence-corrected chi connectivity index (χ2v) is 4.91. The van der Waals surface area contributed by atoms with Crippen molar-refractivity contribution in [1.82, 2.24) is 19.7 Å². The van der Waals surface area contributed by atoms with Crippen molar-refractivity contribution in [2.24, 2.45) is 7.05 Å². The third-order valence-corrected chi connectivity index (χ3v) is 3.54. The Hall–Kier alpha value is -1.68. The summed E-state index contributed by atoms with van der Waals surface area (Å²) in [6.45, 7) is 2.12. The van der Waals surface area contributed by atoms with Gasteiger partial charge in [0, 0.05) is 31.5 Å². The molecule has 0 saturated carbocycles. The Morgan fingerprint density at radius 3 is 3.06 bits per heavy atom. The fourth-order valence-corrected chi connectivity index (χ4v) is 2.71.